The average Bonchev–Trinajstić information content (AvgIpc) is 3.29. The summed E-state index contributed by atoms with van der Waals surface area (Å²) >= 11 is 0. The first-order valence-corrected chi connectivity index (χ1v) is 9.76. The van der Waals surface area contributed by atoms with Gasteiger partial charge in [0, 0.05) is 25.6 Å². The maximum Gasteiger partial charge on any atom is 0.228 e. The van der Waals surface area contributed by atoms with Crippen LogP contribution in [0.1, 0.15) is 37.5 Å². The minimum atomic E-state index is -0.266. The third kappa shape index (κ3) is 4.07. The summed E-state index contributed by atoms with van der Waals surface area (Å²) in [5.74, 6) is 1.22. The number of hydrogen-bond acceptors (Lipinski definition) is 3. The summed E-state index contributed by atoms with van der Waals surface area (Å²) in [5, 5.41) is 0. The van der Waals surface area contributed by atoms with Gasteiger partial charge in [-0.2, -0.15) is 0 Å². The second-order valence-corrected chi connectivity index (χ2v) is 7.78. The van der Waals surface area contributed by atoms with Crippen molar-refractivity contribution in [2.75, 3.05) is 6.54 Å². The summed E-state index contributed by atoms with van der Waals surface area (Å²) in [7, 11) is 0. The lowest BCUT2D eigenvalue weighted by molar-refractivity contribution is -0.139. The van der Waals surface area contributed by atoms with Crippen LogP contribution in [-0.4, -0.2) is 34.2 Å². The summed E-state index contributed by atoms with van der Waals surface area (Å²) in [5.41, 5.74) is 1.13. The van der Waals surface area contributed by atoms with E-state index in [1.165, 1.54) is 12.8 Å². The highest BCUT2D eigenvalue weighted by Crippen LogP contribution is 2.37. The normalized spacial score (nSPS) is 20.7. The average molecular weight is 366 g/mol. The topological polar surface area (TPSA) is 53.8 Å². The molecule has 1 saturated heterocycles. The van der Waals surface area contributed by atoms with Gasteiger partial charge >= 0.3 is 0 Å². The van der Waals surface area contributed by atoms with E-state index in [9.17, 15) is 9.59 Å². The largest absolute Gasteiger partial charge is 0.467 e. The van der Waals surface area contributed by atoms with Crippen molar-refractivity contribution in [3.8, 4) is 0 Å². The molecule has 27 heavy (non-hydrogen) atoms. The monoisotopic (exact) mass is 366 g/mol. The molecule has 0 spiro atoms. The Kier molecular flexibility index (Phi) is 5.01. The molecule has 2 aromatic rings. The van der Waals surface area contributed by atoms with Gasteiger partial charge in [0.15, 0.2) is 0 Å². The molecule has 2 unspecified atom stereocenters. The molecule has 1 aromatic heterocycles. The Hall–Kier alpha value is -2.56. The van der Waals surface area contributed by atoms with Crippen molar-refractivity contribution in [1.82, 2.24) is 9.80 Å². The van der Waals surface area contributed by atoms with Crippen molar-refractivity contribution < 1.29 is 14.0 Å². The van der Waals surface area contributed by atoms with Gasteiger partial charge in [0.2, 0.25) is 11.8 Å². The van der Waals surface area contributed by atoms with Gasteiger partial charge in [-0.3, -0.25) is 9.59 Å². The van der Waals surface area contributed by atoms with Gasteiger partial charge in [0.1, 0.15) is 5.76 Å². The zero-order valence-corrected chi connectivity index (χ0v) is 15.7. The molecule has 2 amide bonds. The predicted octanol–water partition coefficient (Wildman–Crippen LogP) is 3.46. The molecule has 4 rings (SSSR count). The molecule has 1 aliphatic heterocycles. The highest BCUT2D eigenvalue weighted by molar-refractivity contribution is 5.89. The molecule has 1 saturated carbocycles. The van der Waals surface area contributed by atoms with E-state index >= 15 is 0 Å². The van der Waals surface area contributed by atoms with Gasteiger partial charge in [-0.1, -0.05) is 30.3 Å². The number of amides is 2. The molecule has 0 radical (unpaired) electrons. The van der Waals surface area contributed by atoms with Gasteiger partial charge in [0.05, 0.1) is 18.7 Å². The van der Waals surface area contributed by atoms with Crippen molar-refractivity contribution >= 4 is 11.8 Å². The van der Waals surface area contributed by atoms with Crippen LogP contribution in [0.3, 0.4) is 0 Å². The fraction of sp³-hybridized carbons (Fsp3) is 0.455. The molecule has 5 heteroatoms. The molecule has 0 bridgehead atoms. The van der Waals surface area contributed by atoms with E-state index in [-0.39, 0.29) is 23.8 Å². The molecule has 5 nitrogen and oxygen atoms in total. The van der Waals surface area contributed by atoms with Gasteiger partial charge < -0.3 is 14.2 Å². The summed E-state index contributed by atoms with van der Waals surface area (Å²) in [4.78, 5) is 29.5. The quantitative estimate of drug-likeness (QED) is 0.754. The Balaban J connectivity index is 1.46. The first-order valence-electron chi connectivity index (χ1n) is 9.76. The Morgan fingerprint density at radius 3 is 2.67 bits per heavy atom. The molecular formula is C22H26N2O3. The number of benzene rings is 1. The third-order valence-electron chi connectivity index (χ3n) is 5.77. The smallest absolute Gasteiger partial charge is 0.228 e. The summed E-state index contributed by atoms with van der Waals surface area (Å²) in [6.07, 6.45) is 4.28. The van der Waals surface area contributed by atoms with Crippen molar-refractivity contribution in [2.45, 2.75) is 45.3 Å². The second kappa shape index (κ2) is 7.59. The Morgan fingerprint density at radius 1 is 1.22 bits per heavy atom. The lowest BCUT2D eigenvalue weighted by Gasteiger charge is -2.32. The number of carbonyl (C=O) groups excluding carboxylic acids is 2. The molecule has 142 valence electrons. The van der Waals surface area contributed by atoms with Crippen LogP contribution < -0.4 is 0 Å². The number of furan rings is 1. The number of rotatable bonds is 7. The molecular weight excluding hydrogens is 340 g/mol. The van der Waals surface area contributed by atoms with Crippen LogP contribution in [0, 0.1) is 11.8 Å². The number of carbonyl (C=O) groups is 2. The zero-order chi connectivity index (χ0) is 18.8. The van der Waals surface area contributed by atoms with E-state index < -0.39 is 0 Å². The minimum Gasteiger partial charge on any atom is -0.467 e. The van der Waals surface area contributed by atoms with Crippen LogP contribution in [0.15, 0.2) is 53.1 Å². The molecule has 2 fully saturated rings. The van der Waals surface area contributed by atoms with Crippen LogP contribution in [0.5, 0.6) is 0 Å². The molecule has 1 aliphatic carbocycles. The van der Waals surface area contributed by atoms with Gasteiger partial charge in [-0.15, -0.1) is 0 Å². The van der Waals surface area contributed by atoms with E-state index in [1.807, 2.05) is 35.2 Å². The van der Waals surface area contributed by atoms with Crippen LogP contribution in [0.2, 0.25) is 0 Å². The molecule has 0 N–H and O–H groups in total. The van der Waals surface area contributed by atoms with Gasteiger partial charge in [0.25, 0.3) is 0 Å². The summed E-state index contributed by atoms with van der Waals surface area (Å²) in [6, 6.07) is 14.0. The molecule has 2 atom stereocenters. The highest BCUT2D eigenvalue weighted by atomic mass is 16.3. The Bertz CT molecular complexity index is 783. The van der Waals surface area contributed by atoms with E-state index in [4.69, 9.17) is 4.42 Å². The van der Waals surface area contributed by atoms with E-state index in [0.717, 1.165) is 11.3 Å². The van der Waals surface area contributed by atoms with Crippen molar-refractivity contribution in [3.63, 3.8) is 0 Å². The van der Waals surface area contributed by atoms with Crippen LogP contribution >= 0.6 is 0 Å². The first-order chi connectivity index (χ1) is 13.1. The predicted molar refractivity (Wildman–Crippen MR) is 101 cm³/mol. The van der Waals surface area contributed by atoms with E-state index in [2.05, 4.69) is 19.1 Å². The van der Waals surface area contributed by atoms with E-state index in [1.54, 1.807) is 11.2 Å². The lowest BCUT2D eigenvalue weighted by Crippen LogP contribution is -2.43. The number of hydrogen-bond donors (Lipinski definition) is 0. The Morgan fingerprint density at radius 2 is 2.00 bits per heavy atom. The maximum absolute atomic E-state index is 13.3. The molecule has 2 heterocycles. The standard InChI is InChI=1S/C22H26N2O3/c1-16(18-9-10-18)24(13-17-6-3-2-4-7-17)22(26)19-12-21(25)23(14-19)15-20-8-5-11-27-20/h2-8,11,16,18-19H,9-10,12-15H2,1H3. The van der Waals surface area contributed by atoms with Gasteiger partial charge in [-0.25, -0.2) is 0 Å². The zero-order valence-electron chi connectivity index (χ0n) is 15.7. The number of likely N-dealkylation sites (tertiary alicyclic amines) is 1. The fourth-order valence-corrected chi connectivity index (χ4v) is 3.95. The first kappa shape index (κ1) is 17.8. The number of nitrogens with zero attached hydrogens (tertiary/aromatic N) is 2. The molecule has 1 aromatic carbocycles. The van der Waals surface area contributed by atoms with Crippen LogP contribution in [0.4, 0.5) is 0 Å². The SMILES string of the molecule is CC(C1CC1)N(Cc1ccccc1)C(=O)C1CC(=O)N(Cc2ccco2)C1. The van der Waals surface area contributed by atoms with Crippen molar-refractivity contribution in [2.24, 2.45) is 11.8 Å². The maximum atomic E-state index is 13.3. The minimum absolute atomic E-state index is 0.0310. The lowest BCUT2D eigenvalue weighted by atomic mass is 10.0. The van der Waals surface area contributed by atoms with Gasteiger partial charge in [-0.05, 0) is 43.4 Å². The van der Waals surface area contributed by atoms with Crippen molar-refractivity contribution in [1.29, 1.82) is 0 Å². The fourth-order valence-electron chi connectivity index (χ4n) is 3.95. The summed E-state index contributed by atoms with van der Waals surface area (Å²) < 4.78 is 5.35. The molecule has 2 aliphatic rings. The Labute approximate surface area is 159 Å². The van der Waals surface area contributed by atoms with Crippen molar-refractivity contribution in [3.05, 3.63) is 60.1 Å². The highest BCUT2D eigenvalue weighted by Gasteiger charge is 2.41. The second-order valence-electron chi connectivity index (χ2n) is 7.78. The third-order valence-corrected chi connectivity index (χ3v) is 5.77. The van der Waals surface area contributed by atoms with Crippen LogP contribution in [-0.2, 0) is 22.7 Å². The summed E-state index contributed by atoms with van der Waals surface area (Å²) in [6.45, 7) is 3.67. The van der Waals surface area contributed by atoms with E-state index in [0.29, 0.717) is 32.0 Å². The van der Waals surface area contributed by atoms with Crippen LogP contribution in [0.25, 0.3) is 0 Å².